The molecule has 100 valence electrons. The van der Waals surface area contributed by atoms with Crippen molar-refractivity contribution in [2.45, 2.75) is 4.90 Å². The molecule has 4 N–H and O–H groups in total. The van der Waals surface area contributed by atoms with Crippen LogP contribution in [0, 0.1) is 0 Å². The Labute approximate surface area is 116 Å². The van der Waals surface area contributed by atoms with E-state index in [9.17, 15) is 13.2 Å². The van der Waals surface area contributed by atoms with Gasteiger partial charge < -0.3 is 5.73 Å². The molecule has 1 aromatic heterocycles. The predicted molar refractivity (Wildman–Crippen MR) is 72.2 cm³/mol. The van der Waals surface area contributed by atoms with Crippen molar-refractivity contribution in [3.05, 3.63) is 39.1 Å². The van der Waals surface area contributed by atoms with Gasteiger partial charge in [0.15, 0.2) is 0 Å². The Kier molecular flexibility index (Phi) is 3.43. The van der Waals surface area contributed by atoms with Crippen LogP contribution < -0.4 is 11.3 Å². The van der Waals surface area contributed by atoms with Crippen LogP contribution in [0.4, 0.5) is 5.95 Å². The molecule has 19 heavy (non-hydrogen) atoms. The van der Waals surface area contributed by atoms with Gasteiger partial charge in [-0.2, -0.15) is 8.42 Å². The van der Waals surface area contributed by atoms with E-state index in [-0.39, 0.29) is 21.0 Å². The maximum absolute atomic E-state index is 11.5. The van der Waals surface area contributed by atoms with E-state index in [1.54, 1.807) is 6.07 Å². The minimum Gasteiger partial charge on any atom is -0.369 e. The Morgan fingerprint density at radius 2 is 2.05 bits per heavy atom. The van der Waals surface area contributed by atoms with Crippen molar-refractivity contribution >= 4 is 32.0 Å². The average Bonchev–Trinajstić information content (AvgIpc) is 2.33. The summed E-state index contributed by atoms with van der Waals surface area (Å²) in [7, 11) is -4.33. The molecule has 0 aliphatic carbocycles. The SMILES string of the molecule is Nc1nc(-c2cccc(S(=O)(=O)O)c2)c(Br)c(=O)[nH]1. The highest BCUT2D eigenvalue weighted by atomic mass is 79.9. The van der Waals surface area contributed by atoms with Gasteiger partial charge >= 0.3 is 0 Å². The first-order valence-corrected chi connectivity index (χ1v) is 7.15. The summed E-state index contributed by atoms with van der Waals surface area (Å²) >= 11 is 3.05. The highest BCUT2D eigenvalue weighted by Crippen LogP contribution is 2.25. The first-order valence-electron chi connectivity index (χ1n) is 4.92. The Balaban J connectivity index is 2.70. The molecule has 0 amide bonds. The number of benzene rings is 1. The fourth-order valence-electron chi connectivity index (χ4n) is 1.47. The summed E-state index contributed by atoms with van der Waals surface area (Å²) in [6.45, 7) is 0. The van der Waals surface area contributed by atoms with Crippen LogP contribution in [0.25, 0.3) is 11.3 Å². The number of nitrogens with one attached hydrogen (secondary N) is 1. The highest BCUT2D eigenvalue weighted by molar-refractivity contribution is 9.10. The molecule has 1 heterocycles. The third-order valence-corrected chi connectivity index (χ3v) is 3.87. The molecule has 0 aliphatic heterocycles. The zero-order chi connectivity index (χ0) is 14.2. The smallest absolute Gasteiger partial charge is 0.294 e. The minimum atomic E-state index is -4.33. The monoisotopic (exact) mass is 345 g/mol. The lowest BCUT2D eigenvalue weighted by molar-refractivity contribution is 0.483. The fraction of sp³-hybridized carbons (Fsp3) is 0. The van der Waals surface area contributed by atoms with Gasteiger partial charge in [0.25, 0.3) is 15.7 Å². The number of nitrogens with zero attached hydrogens (tertiary/aromatic N) is 1. The van der Waals surface area contributed by atoms with Gasteiger partial charge in [0.1, 0.15) is 4.47 Å². The molecule has 0 unspecified atom stereocenters. The molecule has 2 aromatic rings. The first-order chi connectivity index (χ1) is 8.79. The van der Waals surface area contributed by atoms with Crippen molar-refractivity contribution < 1.29 is 13.0 Å². The van der Waals surface area contributed by atoms with Crippen LogP contribution in [0.3, 0.4) is 0 Å². The van der Waals surface area contributed by atoms with Crippen LogP contribution in [0.2, 0.25) is 0 Å². The van der Waals surface area contributed by atoms with Gasteiger partial charge in [0.05, 0.1) is 10.6 Å². The molecule has 1 aromatic carbocycles. The van der Waals surface area contributed by atoms with Crippen molar-refractivity contribution in [1.29, 1.82) is 0 Å². The second kappa shape index (κ2) is 4.76. The Hall–Kier alpha value is -1.71. The summed E-state index contributed by atoms with van der Waals surface area (Å²) in [4.78, 5) is 17.4. The molecular formula is C10H8BrN3O4S. The third-order valence-electron chi connectivity index (χ3n) is 2.29. The van der Waals surface area contributed by atoms with Crippen molar-refractivity contribution in [3.63, 3.8) is 0 Å². The normalized spacial score (nSPS) is 11.5. The van der Waals surface area contributed by atoms with E-state index in [0.717, 1.165) is 0 Å². The molecule has 0 fully saturated rings. The summed E-state index contributed by atoms with van der Waals surface area (Å²) in [6.07, 6.45) is 0. The van der Waals surface area contributed by atoms with E-state index in [4.69, 9.17) is 10.3 Å². The summed E-state index contributed by atoms with van der Waals surface area (Å²) in [5, 5.41) is 0. The molecule has 0 radical (unpaired) electrons. The number of rotatable bonds is 2. The van der Waals surface area contributed by atoms with E-state index >= 15 is 0 Å². The van der Waals surface area contributed by atoms with E-state index in [1.807, 2.05) is 0 Å². The Bertz CT molecular complexity index is 801. The van der Waals surface area contributed by atoms with Crippen molar-refractivity contribution in [2.24, 2.45) is 0 Å². The molecule has 0 atom stereocenters. The largest absolute Gasteiger partial charge is 0.369 e. The van der Waals surface area contributed by atoms with Crippen LogP contribution in [0.1, 0.15) is 0 Å². The maximum Gasteiger partial charge on any atom is 0.294 e. The molecule has 7 nitrogen and oxygen atoms in total. The molecule has 0 bridgehead atoms. The average molecular weight is 346 g/mol. The topological polar surface area (TPSA) is 126 Å². The standard InChI is InChI=1S/C10H8BrN3O4S/c11-7-8(13-10(12)14-9(7)15)5-2-1-3-6(4-5)19(16,17)18/h1-4H,(H,16,17,18)(H3,12,13,14,15). The van der Waals surface area contributed by atoms with Crippen LogP contribution in [-0.4, -0.2) is 22.9 Å². The molecular weight excluding hydrogens is 338 g/mol. The van der Waals surface area contributed by atoms with Gasteiger partial charge in [-0.15, -0.1) is 0 Å². The lowest BCUT2D eigenvalue weighted by Gasteiger charge is -2.05. The summed E-state index contributed by atoms with van der Waals surface area (Å²) in [5.41, 5.74) is 5.47. The highest BCUT2D eigenvalue weighted by Gasteiger charge is 2.14. The zero-order valence-electron chi connectivity index (χ0n) is 9.29. The van der Waals surface area contributed by atoms with Crippen LogP contribution in [0.15, 0.2) is 38.4 Å². The molecule has 0 saturated carbocycles. The maximum atomic E-state index is 11.5. The lowest BCUT2D eigenvalue weighted by atomic mass is 10.1. The van der Waals surface area contributed by atoms with Gasteiger partial charge in [-0.3, -0.25) is 14.3 Å². The predicted octanol–water partition coefficient (Wildman–Crippen LogP) is 1.03. The van der Waals surface area contributed by atoms with Crippen LogP contribution in [0.5, 0.6) is 0 Å². The van der Waals surface area contributed by atoms with Crippen molar-refractivity contribution in [1.82, 2.24) is 9.97 Å². The van der Waals surface area contributed by atoms with E-state index < -0.39 is 15.7 Å². The molecule has 0 aliphatic rings. The molecule has 0 spiro atoms. The zero-order valence-corrected chi connectivity index (χ0v) is 11.7. The number of halogens is 1. The van der Waals surface area contributed by atoms with Gasteiger partial charge in [0.2, 0.25) is 5.95 Å². The third kappa shape index (κ3) is 2.83. The quantitative estimate of drug-likeness (QED) is 0.697. The van der Waals surface area contributed by atoms with Gasteiger partial charge in [-0.1, -0.05) is 12.1 Å². The second-order valence-electron chi connectivity index (χ2n) is 3.62. The Morgan fingerprint density at radius 1 is 1.37 bits per heavy atom. The van der Waals surface area contributed by atoms with Crippen molar-refractivity contribution in [3.8, 4) is 11.3 Å². The van der Waals surface area contributed by atoms with Crippen molar-refractivity contribution in [2.75, 3.05) is 5.73 Å². The summed E-state index contributed by atoms with van der Waals surface area (Å²) < 4.78 is 31.2. The van der Waals surface area contributed by atoms with E-state index in [2.05, 4.69) is 25.9 Å². The van der Waals surface area contributed by atoms with E-state index in [0.29, 0.717) is 5.56 Å². The van der Waals surface area contributed by atoms with Gasteiger partial charge in [-0.25, -0.2) is 4.98 Å². The number of hydrogen-bond acceptors (Lipinski definition) is 5. The number of hydrogen-bond donors (Lipinski definition) is 3. The summed E-state index contributed by atoms with van der Waals surface area (Å²) in [5.74, 6) is -0.0968. The van der Waals surface area contributed by atoms with Crippen LogP contribution in [-0.2, 0) is 10.1 Å². The first kappa shape index (κ1) is 13.7. The minimum absolute atomic E-state index is 0.0968. The van der Waals surface area contributed by atoms with Crippen LogP contribution >= 0.6 is 15.9 Å². The molecule has 0 saturated heterocycles. The number of nitrogen functional groups attached to an aromatic ring is 1. The second-order valence-corrected chi connectivity index (χ2v) is 5.83. The molecule has 2 rings (SSSR count). The van der Waals surface area contributed by atoms with Gasteiger partial charge in [-0.05, 0) is 28.1 Å². The number of H-pyrrole nitrogens is 1. The number of anilines is 1. The van der Waals surface area contributed by atoms with Gasteiger partial charge in [0, 0.05) is 5.56 Å². The lowest BCUT2D eigenvalue weighted by Crippen LogP contribution is -2.13. The number of aromatic amines is 1. The Morgan fingerprint density at radius 3 is 2.68 bits per heavy atom. The van der Waals surface area contributed by atoms with E-state index in [1.165, 1.54) is 18.2 Å². The molecule has 9 heteroatoms. The summed E-state index contributed by atoms with van der Waals surface area (Å²) in [6, 6.07) is 5.38. The fourth-order valence-corrected chi connectivity index (χ4v) is 2.41. The number of nitrogens with two attached hydrogens (primary N) is 1. The number of aromatic nitrogens is 2.